The topological polar surface area (TPSA) is 82.5 Å². The van der Waals surface area contributed by atoms with Crippen LogP contribution in [0.15, 0.2) is 52.4 Å². The number of amides is 1. The number of aryl methyl sites for hydroxylation is 1. The molecule has 8 heteroatoms. The molecule has 1 aromatic heterocycles. The lowest BCUT2D eigenvalue weighted by Gasteiger charge is -2.28. The van der Waals surface area contributed by atoms with Crippen LogP contribution in [0.2, 0.25) is 0 Å². The molecule has 32 heavy (non-hydrogen) atoms. The van der Waals surface area contributed by atoms with Crippen molar-refractivity contribution in [3.63, 3.8) is 0 Å². The molecule has 7 nitrogen and oxygen atoms in total. The fourth-order valence-electron chi connectivity index (χ4n) is 3.95. The molecule has 1 aliphatic rings. The van der Waals surface area contributed by atoms with Gasteiger partial charge in [0.05, 0.1) is 19.8 Å². The monoisotopic (exact) mass is 451 g/mol. The number of thioether (sulfide) groups is 1. The van der Waals surface area contributed by atoms with Gasteiger partial charge in [0.25, 0.3) is 5.56 Å². The van der Waals surface area contributed by atoms with Crippen LogP contribution in [0.25, 0.3) is 0 Å². The first-order valence-corrected chi connectivity index (χ1v) is 11.2. The van der Waals surface area contributed by atoms with Gasteiger partial charge in [-0.15, -0.1) is 0 Å². The van der Waals surface area contributed by atoms with Gasteiger partial charge >= 0.3 is 0 Å². The number of methoxy groups -OCH3 is 2. The number of fused-ring (bicyclic) bond motifs is 1. The molecule has 0 aliphatic carbocycles. The van der Waals surface area contributed by atoms with E-state index in [0.29, 0.717) is 33.8 Å². The first kappa shape index (κ1) is 22.0. The van der Waals surface area contributed by atoms with Crippen molar-refractivity contribution in [1.82, 2.24) is 9.55 Å². The summed E-state index contributed by atoms with van der Waals surface area (Å²) in [4.78, 5) is 30.2. The molecule has 1 atom stereocenters. The van der Waals surface area contributed by atoms with Crippen molar-refractivity contribution in [2.75, 3.05) is 19.5 Å². The molecular formula is C24H25N3O4S. The average molecular weight is 452 g/mol. The molecule has 0 bridgehead atoms. The highest BCUT2D eigenvalue weighted by Gasteiger charge is 2.34. The summed E-state index contributed by atoms with van der Waals surface area (Å²) < 4.78 is 12.8. The van der Waals surface area contributed by atoms with Crippen molar-refractivity contribution >= 4 is 23.5 Å². The van der Waals surface area contributed by atoms with Gasteiger partial charge in [-0.05, 0) is 18.6 Å². The number of rotatable bonds is 6. The minimum atomic E-state index is -0.480. The maximum absolute atomic E-state index is 13.2. The number of aromatic nitrogens is 2. The van der Waals surface area contributed by atoms with Crippen LogP contribution in [0, 0.1) is 6.92 Å². The molecule has 4 rings (SSSR count). The zero-order valence-corrected chi connectivity index (χ0v) is 19.3. The van der Waals surface area contributed by atoms with Crippen LogP contribution in [0.5, 0.6) is 11.5 Å². The Labute approximate surface area is 190 Å². The van der Waals surface area contributed by atoms with E-state index in [0.717, 1.165) is 11.1 Å². The van der Waals surface area contributed by atoms with Crippen LogP contribution in [0.1, 0.15) is 34.6 Å². The second kappa shape index (κ2) is 9.08. The van der Waals surface area contributed by atoms with Crippen LogP contribution in [0.4, 0.5) is 5.82 Å². The van der Waals surface area contributed by atoms with Crippen molar-refractivity contribution in [1.29, 1.82) is 0 Å². The van der Waals surface area contributed by atoms with E-state index < -0.39 is 5.92 Å². The smallest absolute Gasteiger partial charge is 0.279 e. The van der Waals surface area contributed by atoms with Gasteiger partial charge in [-0.1, -0.05) is 53.7 Å². The van der Waals surface area contributed by atoms with E-state index in [-0.39, 0.29) is 17.9 Å². The number of hydrogen-bond acceptors (Lipinski definition) is 6. The summed E-state index contributed by atoms with van der Waals surface area (Å²) in [6, 6.07) is 13.7. The van der Waals surface area contributed by atoms with E-state index >= 15 is 0 Å². The second-order valence-corrected chi connectivity index (χ2v) is 8.63. The number of nitrogens with zero attached hydrogens (tertiary/aromatic N) is 2. The average Bonchev–Trinajstić information content (AvgIpc) is 2.80. The van der Waals surface area contributed by atoms with Crippen LogP contribution in [-0.2, 0) is 17.6 Å². The predicted molar refractivity (Wildman–Crippen MR) is 125 cm³/mol. The van der Waals surface area contributed by atoms with Gasteiger partial charge in [-0.25, -0.2) is 0 Å². The van der Waals surface area contributed by atoms with Crippen molar-refractivity contribution in [2.24, 2.45) is 7.05 Å². The van der Waals surface area contributed by atoms with Crippen molar-refractivity contribution in [3.8, 4) is 11.5 Å². The summed E-state index contributed by atoms with van der Waals surface area (Å²) in [6.07, 6.45) is 0.128. The lowest BCUT2D eigenvalue weighted by atomic mass is 9.86. The lowest BCUT2D eigenvalue weighted by Crippen LogP contribution is -2.33. The van der Waals surface area contributed by atoms with E-state index in [1.807, 2.05) is 26.1 Å². The highest BCUT2D eigenvalue weighted by molar-refractivity contribution is 7.98. The standard InChI is InChI=1S/C24H25N3O4S/c1-14-8-10-15(11-9-14)13-32-24-26-23(29)20-17(12-19(28)25-22(20)27(24)2)16-6-5-7-18(30-3)21(16)31-4/h5-11,17H,12-13H2,1-4H3,(H,25,28). The first-order valence-electron chi connectivity index (χ1n) is 10.2. The minimum absolute atomic E-state index is 0.128. The van der Waals surface area contributed by atoms with Gasteiger partial charge in [0, 0.05) is 30.7 Å². The maximum Gasteiger partial charge on any atom is 0.279 e. The third-order valence-corrected chi connectivity index (χ3v) is 6.70. The lowest BCUT2D eigenvalue weighted by molar-refractivity contribution is -0.116. The molecule has 0 radical (unpaired) electrons. The number of anilines is 1. The number of benzene rings is 2. The molecule has 2 heterocycles. The molecule has 0 saturated carbocycles. The Hall–Kier alpha value is -3.26. The van der Waals surface area contributed by atoms with Gasteiger partial charge in [0.1, 0.15) is 5.82 Å². The number of nitrogens with one attached hydrogen (secondary N) is 1. The molecule has 2 aromatic carbocycles. The summed E-state index contributed by atoms with van der Waals surface area (Å²) >= 11 is 1.46. The highest BCUT2D eigenvalue weighted by atomic mass is 32.2. The highest BCUT2D eigenvalue weighted by Crippen LogP contribution is 2.43. The molecule has 166 valence electrons. The second-order valence-electron chi connectivity index (χ2n) is 7.68. The van der Waals surface area contributed by atoms with E-state index in [1.165, 1.54) is 17.3 Å². The number of para-hydroxylation sites is 1. The van der Waals surface area contributed by atoms with Crippen LogP contribution >= 0.6 is 11.8 Å². The summed E-state index contributed by atoms with van der Waals surface area (Å²) in [5.41, 5.74) is 3.16. The Bertz CT molecular complexity index is 1220. The number of hydrogen-bond donors (Lipinski definition) is 1. The normalized spacial score (nSPS) is 15.1. The van der Waals surface area contributed by atoms with Crippen LogP contribution < -0.4 is 20.3 Å². The molecule has 3 aromatic rings. The molecule has 1 amide bonds. The summed E-state index contributed by atoms with van der Waals surface area (Å²) in [5, 5.41) is 3.43. The minimum Gasteiger partial charge on any atom is -0.493 e. The molecule has 0 saturated heterocycles. The van der Waals surface area contributed by atoms with E-state index in [2.05, 4.69) is 34.6 Å². The van der Waals surface area contributed by atoms with E-state index in [4.69, 9.17) is 9.47 Å². The Morgan fingerprint density at radius 3 is 2.56 bits per heavy atom. The zero-order valence-electron chi connectivity index (χ0n) is 18.5. The molecule has 0 fully saturated rings. The van der Waals surface area contributed by atoms with Crippen molar-refractivity contribution in [3.05, 3.63) is 75.1 Å². The quantitative estimate of drug-likeness (QED) is 0.453. The van der Waals surface area contributed by atoms with Crippen molar-refractivity contribution < 1.29 is 14.3 Å². The SMILES string of the molecule is COc1cccc(C2CC(=O)Nc3c2c(=O)nc(SCc2ccc(C)cc2)n3C)c1OC. The first-order chi connectivity index (χ1) is 15.4. The Balaban J connectivity index is 1.75. The summed E-state index contributed by atoms with van der Waals surface area (Å²) in [7, 11) is 4.92. The van der Waals surface area contributed by atoms with Gasteiger partial charge in [0.15, 0.2) is 16.7 Å². The summed E-state index contributed by atoms with van der Waals surface area (Å²) in [6.45, 7) is 2.04. The van der Waals surface area contributed by atoms with E-state index in [9.17, 15) is 9.59 Å². The Morgan fingerprint density at radius 1 is 1.12 bits per heavy atom. The Morgan fingerprint density at radius 2 is 1.88 bits per heavy atom. The third-order valence-electron chi connectivity index (χ3n) is 5.60. The fraction of sp³-hybridized carbons (Fsp3) is 0.292. The van der Waals surface area contributed by atoms with Gasteiger partial charge in [-0.3, -0.25) is 9.59 Å². The van der Waals surface area contributed by atoms with E-state index in [1.54, 1.807) is 24.9 Å². The van der Waals surface area contributed by atoms with Crippen LogP contribution in [0.3, 0.4) is 0 Å². The summed E-state index contributed by atoms with van der Waals surface area (Å²) in [5.74, 6) is 1.56. The molecule has 1 N–H and O–H groups in total. The number of carbonyl (C=O) groups is 1. The van der Waals surface area contributed by atoms with Gasteiger partial charge in [0.2, 0.25) is 5.91 Å². The molecular weight excluding hydrogens is 426 g/mol. The molecule has 0 spiro atoms. The maximum atomic E-state index is 13.2. The van der Waals surface area contributed by atoms with Gasteiger partial charge < -0.3 is 19.4 Å². The molecule has 1 unspecified atom stereocenters. The number of carbonyl (C=O) groups excluding carboxylic acids is 1. The fourth-order valence-corrected chi connectivity index (χ4v) is 4.87. The Kier molecular flexibility index (Phi) is 6.23. The third kappa shape index (κ3) is 4.10. The van der Waals surface area contributed by atoms with Crippen molar-refractivity contribution in [2.45, 2.75) is 30.2 Å². The zero-order chi connectivity index (χ0) is 22.8. The van der Waals surface area contributed by atoms with Crippen LogP contribution in [-0.4, -0.2) is 29.7 Å². The largest absolute Gasteiger partial charge is 0.493 e. The molecule has 1 aliphatic heterocycles. The number of ether oxygens (including phenoxy) is 2. The predicted octanol–water partition coefficient (Wildman–Crippen LogP) is 3.87. The van der Waals surface area contributed by atoms with Gasteiger partial charge in [-0.2, -0.15) is 4.98 Å².